The second-order valence-corrected chi connectivity index (χ2v) is 8.09. The second kappa shape index (κ2) is 9.14. The van der Waals surface area contributed by atoms with Crippen LogP contribution in [0.25, 0.3) is 10.2 Å². The van der Waals surface area contributed by atoms with Crippen LogP contribution in [0, 0.1) is 11.3 Å². The van der Waals surface area contributed by atoms with E-state index in [9.17, 15) is 4.79 Å². The molecule has 3 aromatic rings. The number of ether oxygens (including phenoxy) is 1. The highest BCUT2D eigenvalue weighted by Gasteiger charge is 2.22. The Morgan fingerprint density at radius 3 is 2.66 bits per heavy atom. The first kappa shape index (κ1) is 19.5. The van der Waals surface area contributed by atoms with Crippen LogP contribution < -0.4 is 9.80 Å². The van der Waals surface area contributed by atoms with Crippen molar-refractivity contribution in [3.8, 4) is 6.07 Å². The van der Waals surface area contributed by atoms with E-state index in [1.54, 1.807) is 29.2 Å². The molecule has 1 amide bonds. The van der Waals surface area contributed by atoms with Crippen molar-refractivity contribution in [3.63, 3.8) is 0 Å². The molecule has 0 aliphatic carbocycles. The van der Waals surface area contributed by atoms with Gasteiger partial charge in [-0.2, -0.15) is 5.26 Å². The van der Waals surface area contributed by atoms with Gasteiger partial charge in [0.05, 0.1) is 41.6 Å². The van der Waals surface area contributed by atoms with Crippen LogP contribution in [0.4, 0.5) is 5.13 Å². The number of carbonyl (C=O) groups is 1. The third kappa shape index (κ3) is 4.62. The fourth-order valence-electron chi connectivity index (χ4n) is 3.50. The number of hydrogen-bond acceptors (Lipinski definition) is 5. The number of aromatic nitrogens is 1. The standard InChI is InChI=1S/C22H22N4O2S/c23-16-17-6-8-18(9-7-17)21(27)26(11-3-10-25-12-14-28-15-13-25)22-24-19-4-1-2-5-20(19)29-22/h1-2,4-9H,3,10-15H2/p+1. The van der Waals surface area contributed by atoms with Gasteiger partial charge in [-0.3, -0.25) is 9.69 Å². The van der Waals surface area contributed by atoms with E-state index in [0.717, 1.165) is 54.6 Å². The van der Waals surface area contributed by atoms with E-state index in [4.69, 9.17) is 15.0 Å². The van der Waals surface area contributed by atoms with Gasteiger partial charge >= 0.3 is 0 Å². The highest BCUT2D eigenvalue weighted by atomic mass is 32.1. The lowest BCUT2D eigenvalue weighted by atomic mass is 10.1. The Bertz CT molecular complexity index is 986. The Kier molecular flexibility index (Phi) is 6.15. The molecule has 2 aromatic carbocycles. The van der Waals surface area contributed by atoms with Crippen LogP contribution in [0.5, 0.6) is 0 Å². The first-order valence-electron chi connectivity index (χ1n) is 9.83. The summed E-state index contributed by atoms with van der Waals surface area (Å²) < 4.78 is 6.50. The summed E-state index contributed by atoms with van der Waals surface area (Å²) in [6.45, 7) is 5.27. The summed E-state index contributed by atoms with van der Waals surface area (Å²) in [6, 6.07) is 16.8. The van der Waals surface area contributed by atoms with E-state index in [0.29, 0.717) is 17.7 Å². The van der Waals surface area contributed by atoms with E-state index >= 15 is 0 Å². The topological polar surface area (TPSA) is 70.7 Å². The summed E-state index contributed by atoms with van der Waals surface area (Å²) in [7, 11) is 0. The molecule has 1 aliphatic rings. The number of rotatable bonds is 6. The number of nitrogens with zero attached hydrogens (tertiary/aromatic N) is 3. The van der Waals surface area contributed by atoms with Crippen LogP contribution in [-0.4, -0.2) is 50.3 Å². The van der Waals surface area contributed by atoms with Crippen LogP contribution >= 0.6 is 11.3 Å². The molecule has 1 saturated heterocycles. The molecule has 4 rings (SSSR count). The molecular weight excluding hydrogens is 384 g/mol. The summed E-state index contributed by atoms with van der Waals surface area (Å²) in [4.78, 5) is 21.3. The Labute approximate surface area is 173 Å². The van der Waals surface area contributed by atoms with Crippen LogP contribution in [0.15, 0.2) is 48.5 Å². The first-order chi connectivity index (χ1) is 14.2. The summed E-state index contributed by atoms with van der Waals surface area (Å²) in [6.07, 6.45) is 0.896. The number of morpholine rings is 1. The molecule has 1 aromatic heterocycles. The number of fused-ring (bicyclic) bond motifs is 1. The number of benzene rings is 2. The molecule has 0 saturated carbocycles. The summed E-state index contributed by atoms with van der Waals surface area (Å²) in [5.74, 6) is -0.0782. The van der Waals surface area contributed by atoms with Gasteiger partial charge in [0.1, 0.15) is 13.1 Å². The van der Waals surface area contributed by atoms with E-state index in [2.05, 4.69) is 6.07 Å². The van der Waals surface area contributed by atoms with Gasteiger partial charge in [-0.05, 0) is 36.4 Å². The van der Waals surface area contributed by atoms with Gasteiger partial charge in [0, 0.05) is 18.5 Å². The zero-order valence-electron chi connectivity index (χ0n) is 16.1. The molecule has 1 N–H and O–H groups in total. The number of amides is 1. The summed E-state index contributed by atoms with van der Waals surface area (Å²) in [5, 5.41) is 9.73. The number of quaternary nitrogens is 1. The lowest BCUT2D eigenvalue weighted by Crippen LogP contribution is -3.14. The highest BCUT2D eigenvalue weighted by Crippen LogP contribution is 2.29. The number of nitrogens with one attached hydrogen (secondary N) is 1. The van der Waals surface area contributed by atoms with Crippen LogP contribution in [0.2, 0.25) is 0 Å². The number of nitriles is 1. The fourth-order valence-corrected chi connectivity index (χ4v) is 4.49. The molecule has 29 heavy (non-hydrogen) atoms. The van der Waals surface area contributed by atoms with Crippen molar-refractivity contribution in [2.45, 2.75) is 6.42 Å². The number of anilines is 1. The summed E-state index contributed by atoms with van der Waals surface area (Å²) in [5.41, 5.74) is 2.02. The van der Waals surface area contributed by atoms with Crippen molar-refractivity contribution in [2.24, 2.45) is 0 Å². The molecule has 7 heteroatoms. The molecule has 1 fully saturated rings. The van der Waals surface area contributed by atoms with Crippen molar-refractivity contribution in [3.05, 3.63) is 59.7 Å². The lowest BCUT2D eigenvalue weighted by molar-refractivity contribution is -0.908. The molecule has 0 bridgehead atoms. The largest absolute Gasteiger partial charge is 0.370 e. The van der Waals surface area contributed by atoms with Gasteiger partial charge in [-0.15, -0.1) is 0 Å². The SMILES string of the molecule is N#Cc1ccc(C(=O)N(CCC[NH+]2CCOCC2)c2nc3ccccc3s2)cc1. The van der Waals surface area contributed by atoms with Crippen molar-refractivity contribution >= 4 is 32.6 Å². The van der Waals surface area contributed by atoms with Crippen LogP contribution in [-0.2, 0) is 4.74 Å². The second-order valence-electron chi connectivity index (χ2n) is 7.08. The number of para-hydroxylation sites is 1. The zero-order chi connectivity index (χ0) is 20.1. The zero-order valence-corrected chi connectivity index (χ0v) is 17.0. The number of hydrogen-bond donors (Lipinski definition) is 1. The van der Waals surface area contributed by atoms with Gasteiger partial charge in [0.25, 0.3) is 5.91 Å². The normalized spacial score (nSPS) is 14.6. The minimum absolute atomic E-state index is 0.0782. The average Bonchev–Trinajstić information content (AvgIpc) is 3.21. The van der Waals surface area contributed by atoms with Gasteiger partial charge in [0.15, 0.2) is 5.13 Å². The maximum atomic E-state index is 13.3. The van der Waals surface area contributed by atoms with E-state index in [1.165, 1.54) is 16.2 Å². The molecule has 2 heterocycles. The maximum absolute atomic E-state index is 13.3. The van der Waals surface area contributed by atoms with Gasteiger partial charge in [-0.25, -0.2) is 4.98 Å². The Morgan fingerprint density at radius 2 is 1.93 bits per heavy atom. The monoisotopic (exact) mass is 407 g/mol. The Hall–Kier alpha value is -2.79. The Morgan fingerprint density at radius 1 is 1.17 bits per heavy atom. The molecule has 0 atom stereocenters. The van der Waals surface area contributed by atoms with Crippen molar-refractivity contribution in [1.29, 1.82) is 5.26 Å². The third-order valence-corrected chi connectivity index (χ3v) is 6.19. The molecule has 0 unspecified atom stereocenters. The van der Waals surface area contributed by atoms with E-state index < -0.39 is 0 Å². The molecule has 0 spiro atoms. The minimum Gasteiger partial charge on any atom is -0.370 e. The van der Waals surface area contributed by atoms with E-state index in [1.807, 2.05) is 24.3 Å². The predicted molar refractivity (Wildman–Crippen MR) is 113 cm³/mol. The quantitative estimate of drug-likeness (QED) is 0.680. The average molecular weight is 408 g/mol. The van der Waals surface area contributed by atoms with Crippen molar-refractivity contribution < 1.29 is 14.4 Å². The highest BCUT2D eigenvalue weighted by molar-refractivity contribution is 7.22. The van der Waals surface area contributed by atoms with Gasteiger partial charge in [-0.1, -0.05) is 23.5 Å². The van der Waals surface area contributed by atoms with Crippen LogP contribution in [0.1, 0.15) is 22.3 Å². The molecule has 148 valence electrons. The fraction of sp³-hybridized carbons (Fsp3) is 0.318. The summed E-state index contributed by atoms with van der Waals surface area (Å²) >= 11 is 1.54. The molecular formula is C22H23N4O2S+. The van der Waals surface area contributed by atoms with Gasteiger partial charge < -0.3 is 9.64 Å². The maximum Gasteiger partial charge on any atom is 0.260 e. The lowest BCUT2D eigenvalue weighted by Gasteiger charge is -2.25. The van der Waals surface area contributed by atoms with E-state index in [-0.39, 0.29) is 5.91 Å². The molecule has 6 nitrogen and oxygen atoms in total. The van der Waals surface area contributed by atoms with Crippen molar-refractivity contribution in [2.75, 3.05) is 44.3 Å². The van der Waals surface area contributed by atoms with Gasteiger partial charge in [0.2, 0.25) is 0 Å². The smallest absolute Gasteiger partial charge is 0.260 e. The Balaban J connectivity index is 1.55. The third-order valence-electron chi connectivity index (χ3n) is 5.13. The number of carbonyl (C=O) groups excluding carboxylic acids is 1. The number of thiazole rings is 1. The predicted octanol–water partition coefficient (Wildman–Crippen LogP) is 2.12. The molecule has 0 radical (unpaired) electrons. The first-order valence-corrected chi connectivity index (χ1v) is 10.6. The van der Waals surface area contributed by atoms with Crippen LogP contribution in [0.3, 0.4) is 0 Å². The minimum atomic E-state index is -0.0782. The molecule has 1 aliphatic heterocycles. The van der Waals surface area contributed by atoms with Crippen molar-refractivity contribution in [1.82, 2.24) is 4.98 Å².